The van der Waals surface area contributed by atoms with Gasteiger partial charge in [-0.3, -0.25) is 0 Å². The number of nitrogens with zero attached hydrogens (tertiary/aromatic N) is 3. The van der Waals surface area contributed by atoms with Crippen molar-refractivity contribution in [3.63, 3.8) is 0 Å². The van der Waals surface area contributed by atoms with E-state index in [-0.39, 0.29) is 12.1 Å². The van der Waals surface area contributed by atoms with Crippen LogP contribution >= 0.6 is 0 Å². The lowest BCUT2D eigenvalue weighted by Gasteiger charge is -2.04. The fourth-order valence-electron chi connectivity index (χ4n) is 2.74. The molecule has 1 fully saturated rings. The highest BCUT2D eigenvalue weighted by molar-refractivity contribution is 5.76. The number of carbonyl (C=O) groups is 1. The standard InChI is InChI=1S/C21H23N3O3/c22-12-16-7-9-18(10-8-16)20-23-13-17(14-24-20)6-4-2-1-3-5-11-26-21(25)19-15-27-19/h7-10,13-14,19H,1-6,11,15H2. The minimum absolute atomic E-state index is 0.223. The molecule has 2 aromatic rings. The fourth-order valence-corrected chi connectivity index (χ4v) is 2.74. The molecule has 0 spiro atoms. The van der Waals surface area contributed by atoms with Crippen molar-refractivity contribution in [1.82, 2.24) is 9.97 Å². The molecule has 0 saturated carbocycles. The predicted octanol–water partition coefficient (Wildman–Crippen LogP) is 3.45. The number of epoxide rings is 1. The Labute approximate surface area is 159 Å². The first kappa shape index (κ1) is 19.0. The molecule has 1 aliphatic heterocycles. The zero-order valence-electron chi connectivity index (χ0n) is 15.3. The average molecular weight is 365 g/mol. The highest BCUT2D eigenvalue weighted by Crippen LogP contribution is 2.16. The summed E-state index contributed by atoms with van der Waals surface area (Å²) in [6.07, 6.45) is 9.74. The summed E-state index contributed by atoms with van der Waals surface area (Å²) in [7, 11) is 0. The highest BCUT2D eigenvalue weighted by atomic mass is 16.6. The zero-order chi connectivity index (χ0) is 18.9. The smallest absolute Gasteiger partial charge is 0.337 e. The van der Waals surface area contributed by atoms with Crippen molar-refractivity contribution in [2.24, 2.45) is 0 Å². The number of ether oxygens (including phenoxy) is 2. The monoisotopic (exact) mass is 365 g/mol. The average Bonchev–Trinajstić information content (AvgIpc) is 3.56. The van der Waals surface area contributed by atoms with Crippen LogP contribution in [0.3, 0.4) is 0 Å². The Morgan fingerprint density at radius 1 is 1.11 bits per heavy atom. The van der Waals surface area contributed by atoms with Gasteiger partial charge >= 0.3 is 5.97 Å². The van der Waals surface area contributed by atoms with Crippen LogP contribution in [-0.2, 0) is 20.7 Å². The molecule has 2 heterocycles. The van der Waals surface area contributed by atoms with Crippen molar-refractivity contribution in [2.75, 3.05) is 13.2 Å². The normalized spacial score (nSPS) is 15.1. The molecule has 1 aliphatic rings. The van der Waals surface area contributed by atoms with Crippen LogP contribution < -0.4 is 0 Å². The van der Waals surface area contributed by atoms with Crippen LogP contribution in [0, 0.1) is 11.3 Å². The summed E-state index contributed by atoms with van der Waals surface area (Å²) in [5, 5.41) is 8.84. The number of aromatic nitrogens is 2. The van der Waals surface area contributed by atoms with Crippen molar-refractivity contribution >= 4 is 5.97 Å². The van der Waals surface area contributed by atoms with Crippen molar-refractivity contribution in [3.05, 3.63) is 47.8 Å². The van der Waals surface area contributed by atoms with Crippen LogP contribution in [0.15, 0.2) is 36.7 Å². The largest absolute Gasteiger partial charge is 0.464 e. The van der Waals surface area contributed by atoms with Crippen molar-refractivity contribution in [2.45, 2.75) is 44.6 Å². The topological polar surface area (TPSA) is 88.4 Å². The summed E-state index contributed by atoms with van der Waals surface area (Å²) in [5.41, 5.74) is 2.67. The number of esters is 1. The molecule has 0 aliphatic carbocycles. The molecule has 6 heteroatoms. The van der Waals surface area contributed by atoms with Gasteiger partial charge in [0.05, 0.1) is 24.8 Å². The van der Waals surface area contributed by atoms with Gasteiger partial charge in [0.15, 0.2) is 11.9 Å². The van der Waals surface area contributed by atoms with Crippen LogP contribution in [0.25, 0.3) is 11.4 Å². The number of nitriles is 1. The summed E-state index contributed by atoms with van der Waals surface area (Å²) in [5.74, 6) is 0.453. The number of benzene rings is 1. The van der Waals surface area contributed by atoms with Crippen LogP contribution in [0.1, 0.15) is 43.2 Å². The second-order valence-corrected chi connectivity index (χ2v) is 6.61. The Balaban J connectivity index is 1.29. The van der Waals surface area contributed by atoms with Gasteiger partial charge in [-0.1, -0.05) is 19.3 Å². The van der Waals surface area contributed by atoms with Gasteiger partial charge in [0.25, 0.3) is 0 Å². The Bertz CT molecular complexity index is 778. The van der Waals surface area contributed by atoms with E-state index in [9.17, 15) is 4.79 Å². The molecule has 1 aromatic heterocycles. The summed E-state index contributed by atoms with van der Waals surface area (Å²) < 4.78 is 9.97. The second-order valence-electron chi connectivity index (χ2n) is 6.61. The third kappa shape index (κ3) is 6.15. The second kappa shape index (κ2) is 9.79. The summed E-state index contributed by atoms with van der Waals surface area (Å²) in [4.78, 5) is 20.1. The van der Waals surface area contributed by atoms with E-state index in [1.54, 1.807) is 12.1 Å². The molecule has 0 amide bonds. The van der Waals surface area contributed by atoms with Crippen molar-refractivity contribution in [3.8, 4) is 17.5 Å². The summed E-state index contributed by atoms with van der Waals surface area (Å²) >= 11 is 0. The number of aryl methyl sites for hydroxylation is 1. The SMILES string of the molecule is N#Cc1ccc(-c2ncc(CCCCCCCOC(=O)C3CO3)cn2)cc1. The van der Waals surface area contributed by atoms with Crippen LogP contribution in [0.2, 0.25) is 0 Å². The molecule has 0 bridgehead atoms. The van der Waals surface area contributed by atoms with Crippen LogP contribution in [0.4, 0.5) is 0 Å². The molecule has 0 radical (unpaired) electrons. The number of unbranched alkanes of at least 4 members (excludes halogenated alkanes) is 4. The zero-order valence-corrected chi connectivity index (χ0v) is 15.3. The molecular formula is C21H23N3O3. The van der Waals surface area contributed by atoms with Gasteiger partial charge in [0.1, 0.15) is 0 Å². The van der Waals surface area contributed by atoms with Crippen LogP contribution in [-0.4, -0.2) is 35.3 Å². The molecular weight excluding hydrogens is 342 g/mol. The van der Waals surface area contributed by atoms with E-state index in [2.05, 4.69) is 16.0 Å². The maximum absolute atomic E-state index is 11.3. The van der Waals surface area contributed by atoms with E-state index in [0.717, 1.165) is 49.7 Å². The van der Waals surface area contributed by atoms with E-state index in [1.165, 1.54) is 0 Å². The molecule has 1 aromatic carbocycles. The lowest BCUT2D eigenvalue weighted by molar-refractivity contribution is -0.145. The van der Waals surface area contributed by atoms with Gasteiger partial charge in [-0.25, -0.2) is 14.8 Å². The Kier molecular flexibility index (Phi) is 6.89. The first-order valence-corrected chi connectivity index (χ1v) is 9.36. The van der Waals surface area contributed by atoms with Gasteiger partial charge in [-0.05, 0) is 49.1 Å². The molecule has 27 heavy (non-hydrogen) atoms. The Morgan fingerprint density at radius 3 is 2.44 bits per heavy atom. The van der Waals surface area contributed by atoms with E-state index >= 15 is 0 Å². The van der Waals surface area contributed by atoms with E-state index in [1.807, 2.05) is 24.5 Å². The van der Waals surface area contributed by atoms with E-state index in [4.69, 9.17) is 14.7 Å². The molecule has 3 rings (SSSR count). The quantitative estimate of drug-likeness (QED) is 0.364. The molecule has 1 unspecified atom stereocenters. The lowest BCUT2D eigenvalue weighted by Crippen LogP contribution is -2.12. The van der Waals surface area contributed by atoms with Gasteiger partial charge in [0, 0.05) is 18.0 Å². The Hall–Kier alpha value is -2.78. The third-order valence-corrected chi connectivity index (χ3v) is 4.43. The van der Waals surface area contributed by atoms with Gasteiger partial charge < -0.3 is 9.47 Å². The molecule has 0 N–H and O–H groups in total. The number of hydrogen-bond acceptors (Lipinski definition) is 6. The van der Waals surface area contributed by atoms with Gasteiger partial charge in [0.2, 0.25) is 0 Å². The van der Waals surface area contributed by atoms with Crippen molar-refractivity contribution < 1.29 is 14.3 Å². The minimum Gasteiger partial charge on any atom is -0.464 e. The highest BCUT2D eigenvalue weighted by Gasteiger charge is 2.32. The van der Waals surface area contributed by atoms with Gasteiger partial charge in [-0.2, -0.15) is 5.26 Å². The molecule has 1 atom stereocenters. The van der Waals surface area contributed by atoms with E-state index in [0.29, 0.717) is 24.6 Å². The maximum atomic E-state index is 11.3. The van der Waals surface area contributed by atoms with Gasteiger partial charge in [-0.15, -0.1) is 0 Å². The number of rotatable bonds is 10. The molecule has 6 nitrogen and oxygen atoms in total. The third-order valence-electron chi connectivity index (χ3n) is 4.43. The minimum atomic E-state index is -0.296. The number of hydrogen-bond donors (Lipinski definition) is 0. The summed E-state index contributed by atoms with van der Waals surface area (Å²) in [6.45, 7) is 1.00. The lowest BCUT2D eigenvalue weighted by atomic mass is 10.1. The molecule has 140 valence electrons. The predicted molar refractivity (Wildman–Crippen MR) is 99.7 cm³/mol. The fraction of sp³-hybridized carbons (Fsp3) is 0.429. The van der Waals surface area contributed by atoms with E-state index < -0.39 is 0 Å². The van der Waals surface area contributed by atoms with Crippen molar-refractivity contribution in [1.29, 1.82) is 5.26 Å². The first-order valence-electron chi connectivity index (χ1n) is 9.36. The van der Waals surface area contributed by atoms with Crippen LogP contribution in [0.5, 0.6) is 0 Å². The maximum Gasteiger partial charge on any atom is 0.337 e. The Morgan fingerprint density at radius 2 is 1.78 bits per heavy atom. The first-order chi connectivity index (χ1) is 13.3. The molecule has 1 saturated heterocycles. The number of carbonyl (C=O) groups excluding carboxylic acids is 1. The summed E-state index contributed by atoms with van der Waals surface area (Å²) in [6, 6.07) is 9.37.